The van der Waals surface area contributed by atoms with Gasteiger partial charge in [-0.1, -0.05) is 58.4 Å². The van der Waals surface area contributed by atoms with Crippen LogP contribution in [0.15, 0.2) is 71.2 Å². The van der Waals surface area contributed by atoms with Gasteiger partial charge in [0.25, 0.3) is 0 Å². The fourth-order valence-electron chi connectivity index (χ4n) is 3.00. The Kier molecular flexibility index (Phi) is 6.11. The fourth-order valence-corrected chi connectivity index (χ4v) is 3.26. The largest absolute Gasteiger partial charge is 0.488 e. The van der Waals surface area contributed by atoms with Crippen LogP contribution in [0.2, 0.25) is 0 Å². The third kappa shape index (κ3) is 4.87. The molecule has 0 aromatic heterocycles. The van der Waals surface area contributed by atoms with E-state index < -0.39 is 0 Å². The van der Waals surface area contributed by atoms with Crippen molar-refractivity contribution >= 4 is 27.6 Å². The maximum Gasteiger partial charge on any atom is 0.125 e. The van der Waals surface area contributed by atoms with Crippen molar-refractivity contribution in [1.82, 2.24) is 0 Å². The van der Waals surface area contributed by atoms with Crippen LogP contribution in [0.5, 0.6) is 5.75 Å². The molecule has 0 radical (unpaired) electrons. The van der Waals surface area contributed by atoms with Gasteiger partial charge in [-0.25, -0.2) is 0 Å². The van der Waals surface area contributed by atoms with E-state index in [1.807, 2.05) is 74.5 Å². The average Bonchev–Trinajstić information content (AvgIpc) is 2.67. The van der Waals surface area contributed by atoms with E-state index in [2.05, 4.69) is 34.1 Å². The molecule has 0 heterocycles. The highest BCUT2D eigenvalue weighted by molar-refractivity contribution is 9.10. The minimum Gasteiger partial charge on any atom is -0.488 e. The molecule has 0 atom stereocenters. The van der Waals surface area contributed by atoms with Crippen LogP contribution >= 0.6 is 15.9 Å². The van der Waals surface area contributed by atoms with Crippen molar-refractivity contribution in [2.24, 2.45) is 0 Å². The normalized spacial score (nSPS) is 11.1. The van der Waals surface area contributed by atoms with Crippen LogP contribution in [0.3, 0.4) is 0 Å². The summed E-state index contributed by atoms with van der Waals surface area (Å²) in [5.74, 6) is 0.897. The van der Waals surface area contributed by atoms with E-state index in [1.54, 1.807) is 0 Å². The van der Waals surface area contributed by atoms with Crippen LogP contribution in [0, 0.1) is 25.2 Å². The third-order valence-corrected chi connectivity index (χ3v) is 4.82. The quantitative estimate of drug-likeness (QED) is 0.341. The minimum atomic E-state index is 0.525. The summed E-state index contributed by atoms with van der Waals surface area (Å²) in [6, 6.07) is 24.3. The summed E-state index contributed by atoms with van der Waals surface area (Å²) in [5, 5.41) is 9.52. The Bertz CT molecular complexity index is 976. The maximum atomic E-state index is 9.52. The zero-order valence-corrected chi connectivity index (χ0v) is 17.0. The Labute approximate surface area is 168 Å². The number of benzene rings is 3. The molecule has 3 rings (SSSR count). The first-order chi connectivity index (χ1) is 13.1. The number of halogens is 1. The lowest BCUT2D eigenvalue weighted by Gasteiger charge is -2.13. The molecule has 0 aliphatic heterocycles. The molecule has 0 spiro atoms. The van der Waals surface area contributed by atoms with Crippen molar-refractivity contribution in [3.05, 3.63) is 99.0 Å². The van der Waals surface area contributed by atoms with Gasteiger partial charge in [-0.05, 0) is 72.0 Å². The number of hydrogen-bond acceptors (Lipinski definition) is 2. The van der Waals surface area contributed by atoms with Crippen molar-refractivity contribution in [2.45, 2.75) is 20.5 Å². The van der Waals surface area contributed by atoms with Gasteiger partial charge in [-0.2, -0.15) is 5.26 Å². The lowest BCUT2D eigenvalue weighted by molar-refractivity contribution is 0.302. The predicted octanol–water partition coefficient (Wildman–Crippen LogP) is 6.71. The van der Waals surface area contributed by atoms with Crippen molar-refractivity contribution in [3.63, 3.8) is 0 Å². The smallest absolute Gasteiger partial charge is 0.125 e. The number of nitriles is 1. The van der Waals surface area contributed by atoms with Gasteiger partial charge in [0.15, 0.2) is 0 Å². The molecule has 3 heteroatoms. The van der Waals surface area contributed by atoms with Crippen molar-refractivity contribution in [3.8, 4) is 11.8 Å². The number of ether oxygens (including phenoxy) is 1. The molecular weight excluding hydrogens is 398 g/mol. The van der Waals surface area contributed by atoms with Crippen LogP contribution < -0.4 is 4.74 Å². The summed E-state index contributed by atoms with van der Waals surface area (Å²) in [6.07, 6.45) is 1.92. The highest BCUT2D eigenvalue weighted by Crippen LogP contribution is 2.28. The molecule has 2 nitrogen and oxygen atoms in total. The number of allylic oxidation sites excluding steroid dienone is 1. The molecule has 0 aliphatic carbocycles. The molecule has 0 amide bonds. The van der Waals surface area contributed by atoms with Gasteiger partial charge in [-0.3, -0.25) is 0 Å². The van der Waals surface area contributed by atoms with Gasteiger partial charge in [0.2, 0.25) is 0 Å². The molecular formula is C24H20BrNO. The molecule has 0 fully saturated rings. The van der Waals surface area contributed by atoms with Crippen LogP contribution in [0.4, 0.5) is 0 Å². The number of nitrogens with zero attached hydrogens (tertiary/aromatic N) is 1. The van der Waals surface area contributed by atoms with Crippen molar-refractivity contribution in [1.29, 1.82) is 5.26 Å². The molecule has 3 aromatic rings. The zero-order chi connectivity index (χ0) is 19.2. The topological polar surface area (TPSA) is 33.0 Å². The summed E-state index contributed by atoms with van der Waals surface area (Å²) in [4.78, 5) is 0. The third-order valence-electron chi connectivity index (χ3n) is 4.30. The van der Waals surface area contributed by atoms with E-state index in [4.69, 9.17) is 4.74 Å². The molecule has 0 saturated carbocycles. The second-order valence-electron chi connectivity index (χ2n) is 6.43. The molecule has 0 bridgehead atoms. The molecule has 3 aromatic carbocycles. The lowest BCUT2D eigenvalue weighted by atomic mass is 10.0. The maximum absolute atomic E-state index is 9.52. The first kappa shape index (κ1) is 18.9. The van der Waals surface area contributed by atoms with Gasteiger partial charge < -0.3 is 4.74 Å². The Hall–Kier alpha value is -2.83. The summed E-state index contributed by atoms with van der Waals surface area (Å²) in [7, 11) is 0. The second kappa shape index (κ2) is 8.70. The van der Waals surface area contributed by atoms with E-state index in [-0.39, 0.29) is 0 Å². The number of hydrogen-bond donors (Lipinski definition) is 0. The van der Waals surface area contributed by atoms with Crippen LogP contribution in [-0.2, 0) is 6.61 Å². The first-order valence-electron chi connectivity index (χ1n) is 8.72. The summed E-state index contributed by atoms with van der Waals surface area (Å²) in [6.45, 7) is 4.60. The van der Waals surface area contributed by atoms with Gasteiger partial charge in [-0.15, -0.1) is 0 Å². The van der Waals surface area contributed by atoms with Gasteiger partial charge >= 0.3 is 0 Å². The Balaban J connectivity index is 1.83. The van der Waals surface area contributed by atoms with E-state index in [1.165, 1.54) is 0 Å². The van der Waals surface area contributed by atoms with E-state index >= 15 is 0 Å². The predicted molar refractivity (Wildman–Crippen MR) is 114 cm³/mol. The van der Waals surface area contributed by atoms with Crippen LogP contribution in [0.1, 0.15) is 27.8 Å². The molecule has 0 unspecified atom stereocenters. The van der Waals surface area contributed by atoms with E-state index in [0.29, 0.717) is 12.2 Å². The molecule has 0 N–H and O–H groups in total. The lowest BCUT2D eigenvalue weighted by Crippen LogP contribution is -1.99. The zero-order valence-electron chi connectivity index (χ0n) is 15.4. The van der Waals surface area contributed by atoms with Crippen molar-refractivity contribution < 1.29 is 4.74 Å². The summed E-state index contributed by atoms with van der Waals surface area (Å²) >= 11 is 3.45. The van der Waals surface area contributed by atoms with Gasteiger partial charge in [0.05, 0.1) is 11.6 Å². The van der Waals surface area contributed by atoms with E-state index in [9.17, 15) is 5.26 Å². The standard InChI is InChI=1S/C24H20BrNO/c1-17-12-20(14-22(15-26)21-6-4-3-5-7-21)13-18(2)24(17)27-16-19-8-10-23(25)11-9-19/h3-14H,16H2,1-2H3/b22-14+. The summed E-state index contributed by atoms with van der Waals surface area (Å²) < 4.78 is 7.12. The first-order valence-corrected chi connectivity index (χ1v) is 9.52. The van der Waals surface area contributed by atoms with Gasteiger partial charge in [0, 0.05) is 4.47 Å². The van der Waals surface area contributed by atoms with Gasteiger partial charge in [0.1, 0.15) is 12.4 Å². The Morgan fingerprint density at radius 2 is 1.63 bits per heavy atom. The monoisotopic (exact) mass is 417 g/mol. The molecule has 0 aliphatic rings. The highest BCUT2D eigenvalue weighted by atomic mass is 79.9. The Morgan fingerprint density at radius 3 is 2.22 bits per heavy atom. The summed E-state index contributed by atoms with van der Waals surface area (Å²) in [5.41, 5.74) is 5.81. The van der Waals surface area contributed by atoms with Crippen LogP contribution in [0.25, 0.3) is 11.6 Å². The fraction of sp³-hybridized carbons (Fsp3) is 0.125. The minimum absolute atomic E-state index is 0.525. The number of rotatable bonds is 5. The Morgan fingerprint density at radius 1 is 1.00 bits per heavy atom. The second-order valence-corrected chi connectivity index (χ2v) is 7.35. The molecule has 0 saturated heterocycles. The average molecular weight is 418 g/mol. The SMILES string of the molecule is Cc1cc(/C=C(\C#N)c2ccccc2)cc(C)c1OCc1ccc(Br)cc1. The van der Waals surface area contributed by atoms with E-state index in [0.717, 1.165) is 38.0 Å². The van der Waals surface area contributed by atoms with Crippen LogP contribution in [-0.4, -0.2) is 0 Å². The van der Waals surface area contributed by atoms with Crippen molar-refractivity contribution in [2.75, 3.05) is 0 Å². The highest BCUT2D eigenvalue weighted by Gasteiger charge is 2.08. The molecule has 27 heavy (non-hydrogen) atoms. The number of aryl methyl sites for hydroxylation is 2. The molecule has 134 valence electrons.